The number of nitrogens with one attached hydrogen (secondary N) is 2. The number of benzene rings is 4. The molecule has 4 aromatic heterocycles. The van der Waals surface area contributed by atoms with Crippen molar-refractivity contribution < 1.29 is 53.4 Å². The molecular weight excluding hydrogens is 1290 g/mol. The van der Waals surface area contributed by atoms with Crippen molar-refractivity contribution in [2.24, 2.45) is 0 Å². The number of hydrogen-bond donors (Lipinski definition) is 4. The van der Waals surface area contributed by atoms with Crippen LogP contribution in [0.5, 0.6) is 0 Å². The van der Waals surface area contributed by atoms with Gasteiger partial charge in [0, 0.05) is 46.1 Å². The number of hydrogen-bond acceptors (Lipinski definition) is 23. The molecule has 80 heavy (non-hydrogen) atoms. The SMILES string of the molecule is CCOCCc1nnc(N(C(C(=O)O)c2nnc(NS(=O)(=O)c3cccc(Cl)c3C)s2)S(=O)(=O)c2cccc(Cl)c2C)s1.Cc1c(Cl)cccc1S(=O)(=O)Nc1nnc(N(c2nnc(CCO)s2)S(=O)(=O)c2cccc(Cl)c2C)s1. The van der Waals surface area contributed by atoms with E-state index in [4.69, 9.17) is 51.1 Å². The van der Waals surface area contributed by atoms with E-state index in [-0.39, 0.29) is 94.5 Å². The Kier molecular flexibility index (Phi) is 20.1. The number of aliphatic carboxylic acids is 1. The first-order valence-electron chi connectivity index (χ1n) is 22.6. The van der Waals surface area contributed by atoms with E-state index >= 15 is 0 Å². The van der Waals surface area contributed by atoms with Crippen molar-refractivity contribution in [3.05, 3.63) is 130 Å². The van der Waals surface area contributed by atoms with Crippen LogP contribution in [0.2, 0.25) is 20.1 Å². The summed E-state index contributed by atoms with van der Waals surface area (Å²) in [6.45, 7) is 8.47. The average molecular weight is 1330 g/mol. The van der Waals surface area contributed by atoms with E-state index in [1.54, 1.807) is 26.0 Å². The number of carboxylic acid groups (broad SMARTS) is 1. The molecule has 0 saturated heterocycles. The second-order valence-corrected chi connectivity index (χ2v) is 28.7. The Morgan fingerprint density at radius 1 is 0.562 bits per heavy atom. The predicted octanol–water partition coefficient (Wildman–Crippen LogP) is 8.89. The fraction of sp³-hybridized carbons (Fsp3) is 0.250. The Morgan fingerprint density at radius 2 is 0.975 bits per heavy atom. The van der Waals surface area contributed by atoms with Gasteiger partial charge in [0.2, 0.25) is 25.7 Å². The average Bonchev–Trinajstić information content (AvgIpc) is 4.25. The summed E-state index contributed by atoms with van der Waals surface area (Å²) in [7, 11) is -17.3. The molecule has 4 heterocycles. The molecule has 0 saturated carbocycles. The molecule has 36 heteroatoms. The molecule has 24 nitrogen and oxygen atoms in total. The molecule has 4 N–H and O–H groups in total. The maximum Gasteiger partial charge on any atom is 0.334 e. The van der Waals surface area contributed by atoms with E-state index in [0.717, 1.165) is 27.0 Å². The van der Waals surface area contributed by atoms with Crippen molar-refractivity contribution in [1.29, 1.82) is 0 Å². The Labute approximate surface area is 494 Å². The van der Waals surface area contributed by atoms with Crippen molar-refractivity contribution in [2.45, 2.75) is 73.1 Å². The molecule has 0 radical (unpaired) electrons. The number of carbonyl (C=O) groups is 1. The highest BCUT2D eigenvalue weighted by molar-refractivity contribution is 7.94. The largest absolute Gasteiger partial charge is 0.479 e. The topological polar surface area (TPSA) is 337 Å². The molecule has 8 aromatic rings. The molecule has 0 bridgehead atoms. The van der Waals surface area contributed by atoms with Crippen LogP contribution in [0.15, 0.2) is 92.4 Å². The number of ether oxygens (including phenoxy) is 1. The minimum atomic E-state index is -4.66. The van der Waals surface area contributed by atoms with E-state index in [1.165, 1.54) is 74.5 Å². The smallest absolute Gasteiger partial charge is 0.334 e. The van der Waals surface area contributed by atoms with Gasteiger partial charge in [-0.05, 0) is 105 Å². The van der Waals surface area contributed by atoms with Gasteiger partial charge in [-0.2, -0.15) is 4.31 Å². The Hall–Kier alpha value is -5.33. The van der Waals surface area contributed by atoms with Crippen LogP contribution in [-0.4, -0.2) is 110 Å². The van der Waals surface area contributed by atoms with E-state index in [2.05, 4.69) is 50.2 Å². The Morgan fingerprint density at radius 3 is 1.48 bits per heavy atom. The zero-order chi connectivity index (χ0) is 58.5. The highest BCUT2D eigenvalue weighted by Gasteiger charge is 2.43. The summed E-state index contributed by atoms with van der Waals surface area (Å²) in [6, 6.07) is 15.4. The molecule has 0 aliphatic rings. The summed E-state index contributed by atoms with van der Waals surface area (Å²) >= 11 is 27.5. The maximum atomic E-state index is 14.1. The number of nitrogens with zero attached hydrogens (tertiary/aromatic N) is 10. The van der Waals surface area contributed by atoms with Crippen LogP contribution in [0.1, 0.15) is 50.2 Å². The van der Waals surface area contributed by atoms with Gasteiger partial charge in [-0.15, -0.1) is 40.8 Å². The van der Waals surface area contributed by atoms with Gasteiger partial charge >= 0.3 is 5.97 Å². The van der Waals surface area contributed by atoms with Crippen LogP contribution in [-0.2, 0) is 62.5 Å². The van der Waals surface area contributed by atoms with Crippen molar-refractivity contribution >= 4 is 163 Å². The number of halogens is 4. The number of aromatic nitrogens is 8. The van der Waals surface area contributed by atoms with Crippen molar-refractivity contribution in [2.75, 3.05) is 37.9 Å². The molecule has 0 aliphatic heterocycles. The maximum absolute atomic E-state index is 14.1. The zero-order valence-corrected chi connectivity index (χ0v) is 51.3. The van der Waals surface area contributed by atoms with E-state index < -0.39 is 52.1 Å². The fourth-order valence-corrected chi connectivity index (χ4v) is 18.3. The molecule has 4 aromatic carbocycles. The van der Waals surface area contributed by atoms with Gasteiger partial charge in [0.25, 0.3) is 40.1 Å². The molecule has 426 valence electrons. The summed E-state index contributed by atoms with van der Waals surface area (Å²) in [5, 5.41) is 51.2. The molecule has 0 fully saturated rings. The molecule has 0 aliphatic carbocycles. The van der Waals surface area contributed by atoms with Crippen molar-refractivity contribution in [3.63, 3.8) is 0 Å². The normalized spacial score (nSPS) is 12.4. The monoisotopic (exact) mass is 1330 g/mol. The summed E-state index contributed by atoms with van der Waals surface area (Å²) in [6.07, 6.45) is 0.475. The van der Waals surface area contributed by atoms with Crippen LogP contribution in [0.3, 0.4) is 0 Å². The third kappa shape index (κ3) is 13.8. The number of sulfonamides is 4. The van der Waals surface area contributed by atoms with Gasteiger partial charge in [-0.3, -0.25) is 9.44 Å². The standard InChI is InChI=1S/C24H24Cl2N6O7S4.C20H18Cl2N6O5S4/c1-4-39-12-11-19-27-30-24(40-19)32(43(37,38)18-10-6-8-16(26)14(18)3)20(22(33)34)21-28-29-23(41-21)31-42(35,36)17-9-5-7-15(25)13(17)2;1-11-13(21)5-3-7-15(11)36(30,31)27-18-24-26-20(35-18)28(19-25-23-17(34-19)9-10-29)37(32,33)16-8-4-6-14(22)12(16)2/h5-10,20H,4,11-12H2,1-3H3,(H,29,31)(H,33,34);3-8,29H,9-10H2,1-2H3,(H,24,27). The van der Waals surface area contributed by atoms with Gasteiger partial charge in [-0.25, -0.2) is 42.8 Å². The van der Waals surface area contributed by atoms with Gasteiger partial charge in [0.15, 0.2) is 11.0 Å². The Bertz CT molecular complexity index is 4060. The number of carboxylic acids is 1. The minimum Gasteiger partial charge on any atom is -0.479 e. The lowest BCUT2D eigenvalue weighted by atomic mass is 10.2. The van der Waals surface area contributed by atoms with Gasteiger partial charge < -0.3 is 14.9 Å². The quantitative estimate of drug-likeness (QED) is 0.0460. The van der Waals surface area contributed by atoms with Crippen molar-refractivity contribution in [1.82, 2.24) is 40.8 Å². The first kappa shape index (κ1) is 62.3. The number of rotatable bonds is 22. The van der Waals surface area contributed by atoms with Gasteiger partial charge in [-0.1, -0.05) is 116 Å². The molecule has 0 amide bonds. The van der Waals surface area contributed by atoms with Gasteiger partial charge in [0.05, 0.1) is 26.2 Å². The second-order valence-electron chi connectivity index (χ2n) is 16.2. The molecule has 1 unspecified atom stereocenters. The summed E-state index contributed by atoms with van der Waals surface area (Å²) in [4.78, 5) is 12.2. The Balaban J connectivity index is 0.000000234. The predicted molar refractivity (Wildman–Crippen MR) is 306 cm³/mol. The van der Waals surface area contributed by atoms with Crippen molar-refractivity contribution in [3.8, 4) is 0 Å². The number of aliphatic hydroxyl groups excluding tert-OH is 1. The first-order valence-corrected chi connectivity index (χ1v) is 33.2. The van der Waals surface area contributed by atoms with Crippen LogP contribution in [0.25, 0.3) is 0 Å². The van der Waals surface area contributed by atoms with Crippen LogP contribution in [0, 0.1) is 27.7 Å². The fourth-order valence-electron chi connectivity index (χ4n) is 6.97. The highest BCUT2D eigenvalue weighted by atomic mass is 35.5. The molecular formula is C44H42Cl4N12O12S8. The summed E-state index contributed by atoms with van der Waals surface area (Å²) in [5.41, 5.74) is 1.11. The first-order chi connectivity index (χ1) is 37.7. The highest BCUT2D eigenvalue weighted by Crippen LogP contribution is 2.42. The summed E-state index contributed by atoms with van der Waals surface area (Å²) in [5.74, 6) is -1.62. The second kappa shape index (κ2) is 25.9. The lowest BCUT2D eigenvalue weighted by molar-refractivity contribution is -0.138. The van der Waals surface area contributed by atoms with Crippen LogP contribution in [0.4, 0.5) is 25.7 Å². The third-order valence-corrected chi connectivity index (χ3v) is 23.5. The summed E-state index contributed by atoms with van der Waals surface area (Å²) < 4.78 is 119. The molecule has 1 atom stereocenters. The van der Waals surface area contributed by atoms with E-state index in [0.29, 0.717) is 67.8 Å². The zero-order valence-electron chi connectivity index (χ0n) is 41.8. The number of aliphatic hydroxyl groups is 1. The third-order valence-electron chi connectivity index (χ3n) is 10.9. The van der Waals surface area contributed by atoms with Crippen LogP contribution >= 0.6 is 91.8 Å². The lowest BCUT2D eigenvalue weighted by Crippen LogP contribution is -2.39. The van der Waals surface area contributed by atoms with Gasteiger partial charge in [0.1, 0.15) is 10.0 Å². The van der Waals surface area contributed by atoms with E-state index in [1.807, 2.05) is 6.92 Å². The lowest BCUT2D eigenvalue weighted by Gasteiger charge is -2.26. The minimum absolute atomic E-state index is 0.0615. The molecule has 8 rings (SSSR count). The molecule has 0 spiro atoms. The van der Waals surface area contributed by atoms with E-state index in [9.17, 15) is 48.7 Å². The van der Waals surface area contributed by atoms with Crippen LogP contribution < -0.4 is 18.1 Å². The number of anilines is 5.